The summed E-state index contributed by atoms with van der Waals surface area (Å²) in [7, 11) is 0. The number of amides is 3. The van der Waals surface area contributed by atoms with Crippen molar-refractivity contribution in [1.29, 1.82) is 0 Å². The van der Waals surface area contributed by atoms with E-state index in [1.165, 1.54) is 0 Å². The molecular formula is C25H19ClN2O3. The van der Waals surface area contributed by atoms with Crippen molar-refractivity contribution in [3.05, 3.63) is 88.4 Å². The summed E-state index contributed by atoms with van der Waals surface area (Å²) in [5, 5.41) is 2.90. The van der Waals surface area contributed by atoms with Crippen molar-refractivity contribution in [2.75, 3.05) is 4.90 Å². The molecule has 3 amide bonds. The van der Waals surface area contributed by atoms with E-state index in [2.05, 4.69) is 5.32 Å². The minimum absolute atomic E-state index is 0.00115. The van der Waals surface area contributed by atoms with E-state index in [0.717, 1.165) is 33.5 Å². The third-order valence-corrected chi connectivity index (χ3v) is 6.38. The number of nitrogens with one attached hydrogen (secondary N) is 1. The van der Waals surface area contributed by atoms with Gasteiger partial charge in [-0.05, 0) is 41.3 Å². The highest BCUT2D eigenvalue weighted by atomic mass is 35.5. The van der Waals surface area contributed by atoms with Gasteiger partial charge in [-0.2, -0.15) is 0 Å². The number of fused-ring (bicyclic) bond motifs is 1. The molecule has 0 saturated carbocycles. The molecule has 1 saturated heterocycles. The van der Waals surface area contributed by atoms with Crippen molar-refractivity contribution in [3.8, 4) is 11.1 Å². The van der Waals surface area contributed by atoms with Gasteiger partial charge in [-0.15, -0.1) is 0 Å². The van der Waals surface area contributed by atoms with Gasteiger partial charge in [-0.25, -0.2) is 0 Å². The van der Waals surface area contributed by atoms with Crippen molar-refractivity contribution in [3.63, 3.8) is 0 Å². The summed E-state index contributed by atoms with van der Waals surface area (Å²) in [5.74, 6) is -0.994. The van der Waals surface area contributed by atoms with Crippen LogP contribution >= 0.6 is 11.6 Å². The summed E-state index contributed by atoms with van der Waals surface area (Å²) in [6.45, 7) is 0.556. The van der Waals surface area contributed by atoms with Crippen LogP contribution < -0.4 is 10.2 Å². The van der Waals surface area contributed by atoms with E-state index in [1.807, 2.05) is 66.7 Å². The molecule has 1 N–H and O–H groups in total. The molecule has 0 bridgehead atoms. The lowest BCUT2D eigenvalue weighted by Gasteiger charge is -2.23. The van der Waals surface area contributed by atoms with Crippen LogP contribution in [0.2, 0.25) is 5.02 Å². The summed E-state index contributed by atoms with van der Waals surface area (Å²) in [4.78, 5) is 38.2. The first-order chi connectivity index (χ1) is 15.0. The third kappa shape index (κ3) is 3.41. The molecule has 0 radical (unpaired) electrons. The van der Waals surface area contributed by atoms with E-state index in [4.69, 9.17) is 11.6 Å². The first-order valence-corrected chi connectivity index (χ1v) is 10.5. The number of carbonyl (C=O) groups is 3. The Morgan fingerprint density at radius 1 is 0.871 bits per heavy atom. The first-order valence-electron chi connectivity index (χ1n) is 10.2. The van der Waals surface area contributed by atoms with Crippen molar-refractivity contribution >= 4 is 35.0 Å². The predicted molar refractivity (Wildman–Crippen MR) is 119 cm³/mol. The molecule has 5 nitrogen and oxygen atoms in total. The Labute approximate surface area is 184 Å². The molecule has 31 heavy (non-hydrogen) atoms. The van der Waals surface area contributed by atoms with Crippen molar-refractivity contribution in [2.24, 2.45) is 0 Å². The van der Waals surface area contributed by atoms with Gasteiger partial charge in [0.25, 0.3) is 5.91 Å². The minimum atomic E-state index is -0.440. The number of piperidine rings is 1. The minimum Gasteiger partial charge on any atom is -0.304 e. The summed E-state index contributed by atoms with van der Waals surface area (Å²) < 4.78 is 0. The lowest BCUT2D eigenvalue weighted by atomic mass is 9.88. The second kappa shape index (κ2) is 7.67. The Bertz CT molecular complexity index is 1220. The average Bonchev–Trinajstić information content (AvgIpc) is 3.11. The number of imide groups is 1. The molecule has 1 fully saturated rings. The first kappa shape index (κ1) is 19.5. The van der Waals surface area contributed by atoms with Gasteiger partial charge in [0.2, 0.25) is 11.8 Å². The zero-order valence-corrected chi connectivity index (χ0v) is 17.4. The fourth-order valence-electron chi connectivity index (χ4n) is 4.32. The monoisotopic (exact) mass is 430 g/mol. The lowest BCUT2D eigenvalue weighted by molar-refractivity contribution is -0.134. The molecule has 2 aliphatic rings. The van der Waals surface area contributed by atoms with Crippen LogP contribution in [0.25, 0.3) is 11.1 Å². The van der Waals surface area contributed by atoms with Crippen molar-refractivity contribution in [1.82, 2.24) is 5.32 Å². The standard InChI is InChI=1S/C25H19ClN2O3/c26-23-18(6-3-7-20(23)21-12-13-22(29)27-24(21)30)15-8-10-17(11-9-15)28-14-16-4-1-2-5-19(16)25(28)31/h1-11,21H,12-14H2,(H,27,29,30). The van der Waals surface area contributed by atoms with E-state index >= 15 is 0 Å². The Morgan fingerprint density at radius 2 is 1.61 bits per heavy atom. The summed E-state index contributed by atoms with van der Waals surface area (Å²) in [6.07, 6.45) is 0.752. The molecule has 1 atom stereocenters. The number of hydrogen-bond donors (Lipinski definition) is 1. The van der Waals surface area contributed by atoms with E-state index in [1.54, 1.807) is 4.90 Å². The highest BCUT2D eigenvalue weighted by Gasteiger charge is 2.30. The molecule has 3 aromatic carbocycles. The van der Waals surface area contributed by atoms with Crippen LogP contribution in [0, 0.1) is 0 Å². The Kier molecular flexibility index (Phi) is 4.83. The Balaban J connectivity index is 1.43. The molecule has 1 unspecified atom stereocenters. The Morgan fingerprint density at radius 3 is 2.35 bits per heavy atom. The summed E-state index contributed by atoms with van der Waals surface area (Å²) >= 11 is 6.70. The van der Waals surface area contributed by atoms with Crippen LogP contribution in [0.5, 0.6) is 0 Å². The molecule has 5 rings (SSSR count). The van der Waals surface area contributed by atoms with Crippen molar-refractivity contribution in [2.45, 2.75) is 25.3 Å². The van der Waals surface area contributed by atoms with E-state index < -0.39 is 5.92 Å². The largest absolute Gasteiger partial charge is 0.304 e. The maximum Gasteiger partial charge on any atom is 0.258 e. The number of benzene rings is 3. The quantitative estimate of drug-likeness (QED) is 0.613. The smallest absolute Gasteiger partial charge is 0.258 e. The maximum absolute atomic E-state index is 12.7. The zero-order valence-electron chi connectivity index (χ0n) is 16.6. The third-order valence-electron chi connectivity index (χ3n) is 5.95. The second-order valence-electron chi connectivity index (χ2n) is 7.81. The number of anilines is 1. The molecule has 0 spiro atoms. The topological polar surface area (TPSA) is 66.5 Å². The highest BCUT2D eigenvalue weighted by molar-refractivity contribution is 6.34. The van der Waals surface area contributed by atoms with E-state index in [9.17, 15) is 14.4 Å². The molecule has 2 heterocycles. The van der Waals surface area contributed by atoms with Gasteiger partial charge in [-0.3, -0.25) is 19.7 Å². The number of nitrogens with zero attached hydrogens (tertiary/aromatic N) is 1. The number of hydrogen-bond acceptors (Lipinski definition) is 3. The molecular weight excluding hydrogens is 412 g/mol. The van der Waals surface area contributed by atoms with Crippen LogP contribution in [-0.2, 0) is 16.1 Å². The van der Waals surface area contributed by atoms with Crippen LogP contribution in [0.3, 0.4) is 0 Å². The number of carbonyl (C=O) groups excluding carboxylic acids is 3. The van der Waals surface area contributed by atoms with Crippen molar-refractivity contribution < 1.29 is 14.4 Å². The number of halogens is 1. The van der Waals surface area contributed by atoms with Gasteiger partial charge in [0.05, 0.1) is 17.5 Å². The maximum atomic E-state index is 12.7. The van der Waals surface area contributed by atoms with E-state index in [0.29, 0.717) is 24.4 Å². The number of rotatable bonds is 3. The highest BCUT2D eigenvalue weighted by Crippen LogP contribution is 2.38. The fraction of sp³-hybridized carbons (Fsp3) is 0.160. The van der Waals surface area contributed by atoms with Crippen LogP contribution in [-0.4, -0.2) is 17.7 Å². The molecule has 0 aliphatic carbocycles. The van der Waals surface area contributed by atoms with Crippen LogP contribution in [0.1, 0.15) is 40.2 Å². The average molecular weight is 431 g/mol. The molecule has 0 aromatic heterocycles. The second-order valence-corrected chi connectivity index (χ2v) is 8.19. The van der Waals surface area contributed by atoms with Gasteiger partial charge in [-0.1, -0.05) is 60.1 Å². The van der Waals surface area contributed by atoms with Gasteiger partial charge < -0.3 is 4.90 Å². The zero-order chi connectivity index (χ0) is 21.5. The fourth-order valence-corrected chi connectivity index (χ4v) is 4.68. The molecule has 154 valence electrons. The van der Waals surface area contributed by atoms with Gasteiger partial charge in [0.15, 0.2) is 0 Å². The molecule has 3 aromatic rings. The summed E-state index contributed by atoms with van der Waals surface area (Å²) in [5.41, 5.74) is 5.02. The predicted octanol–water partition coefficient (Wildman–Crippen LogP) is 4.69. The molecule has 2 aliphatic heterocycles. The Hall–Kier alpha value is -3.44. The lowest BCUT2D eigenvalue weighted by Crippen LogP contribution is -2.39. The normalized spacial score (nSPS) is 18.2. The van der Waals surface area contributed by atoms with Crippen LogP contribution in [0.4, 0.5) is 5.69 Å². The summed E-state index contributed by atoms with van der Waals surface area (Å²) in [6, 6.07) is 20.9. The van der Waals surface area contributed by atoms with Gasteiger partial charge in [0, 0.05) is 23.2 Å². The van der Waals surface area contributed by atoms with Gasteiger partial charge >= 0.3 is 0 Å². The molecule has 6 heteroatoms. The van der Waals surface area contributed by atoms with E-state index in [-0.39, 0.29) is 17.7 Å². The van der Waals surface area contributed by atoms with Crippen LogP contribution in [0.15, 0.2) is 66.7 Å². The van der Waals surface area contributed by atoms with Gasteiger partial charge in [0.1, 0.15) is 0 Å². The SMILES string of the molecule is O=C1CCC(c2cccc(-c3ccc(N4Cc5ccccc5C4=O)cc3)c2Cl)C(=O)N1.